The molecule has 4 aromatic carbocycles. The smallest absolute Gasteiger partial charge is 0.289 e. The molecule has 4 atom stereocenters. The lowest BCUT2D eigenvalue weighted by atomic mass is 10.0. The van der Waals surface area contributed by atoms with Gasteiger partial charge in [-0.25, -0.2) is 8.42 Å². The van der Waals surface area contributed by atoms with E-state index in [0.29, 0.717) is 17.1 Å². The van der Waals surface area contributed by atoms with Gasteiger partial charge >= 0.3 is 0 Å². The molecule has 0 bridgehead atoms. The molecule has 0 N–H and O–H groups in total. The molecule has 0 spiro atoms. The Labute approximate surface area is 298 Å². The Hall–Kier alpha value is -3.74. The van der Waals surface area contributed by atoms with Crippen LogP contribution in [0.3, 0.4) is 0 Å². The van der Waals surface area contributed by atoms with Crippen molar-refractivity contribution in [3.63, 3.8) is 0 Å². The summed E-state index contributed by atoms with van der Waals surface area (Å²) < 4.78 is 56.0. The maximum absolute atomic E-state index is 14.5. The number of aryl methyl sites for hydroxylation is 1. The van der Waals surface area contributed by atoms with Crippen molar-refractivity contribution in [1.82, 2.24) is 4.31 Å². The topological polar surface area (TPSA) is 119 Å². The minimum absolute atomic E-state index is 0.0106. The molecule has 266 valence electrons. The molecule has 5 rings (SSSR count). The Balaban J connectivity index is 1.25. The SMILES string of the molecule is Cc1ccc([S@@](=O)C[C@@H]([C@@H]2O[C@H]2CCCCCCCCOCc2ccccc2)N(Cc2ccccc2)S(=O)(=O)c2ccccc2[N+](=O)[O-])cc1. The average Bonchev–Trinajstić information content (AvgIpc) is 3.90. The lowest BCUT2D eigenvalue weighted by Crippen LogP contribution is -2.46. The third-order valence-electron chi connectivity index (χ3n) is 8.95. The first kappa shape index (κ1) is 37.5. The highest BCUT2D eigenvalue weighted by Gasteiger charge is 2.51. The van der Waals surface area contributed by atoms with E-state index in [9.17, 15) is 22.7 Å². The number of hydrogen-bond donors (Lipinski definition) is 0. The number of benzene rings is 4. The van der Waals surface area contributed by atoms with Gasteiger partial charge in [-0.15, -0.1) is 0 Å². The number of hydrogen-bond acceptors (Lipinski definition) is 7. The first-order chi connectivity index (χ1) is 24.2. The van der Waals surface area contributed by atoms with Crippen LogP contribution < -0.4 is 0 Å². The number of nitrogens with zero attached hydrogens (tertiary/aromatic N) is 2. The number of para-hydroxylation sites is 1. The van der Waals surface area contributed by atoms with Crippen molar-refractivity contribution in [3.05, 3.63) is 136 Å². The van der Waals surface area contributed by atoms with Gasteiger partial charge in [0.2, 0.25) is 0 Å². The van der Waals surface area contributed by atoms with Crippen molar-refractivity contribution >= 4 is 26.5 Å². The fourth-order valence-electron chi connectivity index (χ4n) is 6.13. The van der Waals surface area contributed by atoms with Crippen LogP contribution in [0.25, 0.3) is 0 Å². The summed E-state index contributed by atoms with van der Waals surface area (Å²) in [5.74, 6) is -0.0106. The van der Waals surface area contributed by atoms with E-state index in [1.54, 1.807) is 12.1 Å². The summed E-state index contributed by atoms with van der Waals surface area (Å²) >= 11 is 0. The summed E-state index contributed by atoms with van der Waals surface area (Å²) in [4.78, 5) is 11.5. The number of ether oxygens (including phenoxy) is 2. The zero-order valence-electron chi connectivity index (χ0n) is 28.5. The first-order valence-corrected chi connectivity index (χ1v) is 20.0. The molecule has 1 saturated heterocycles. The second-order valence-electron chi connectivity index (χ2n) is 12.7. The molecule has 4 aromatic rings. The highest BCUT2D eigenvalue weighted by Crippen LogP contribution is 2.38. The molecule has 0 unspecified atom stereocenters. The van der Waals surface area contributed by atoms with E-state index < -0.39 is 48.5 Å². The molecular formula is C39H46N2O7S2. The van der Waals surface area contributed by atoms with E-state index in [4.69, 9.17) is 9.47 Å². The normalized spacial score (nSPS) is 17.0. The van der Waals surface area contributed by atoms with Gasteiger partial charge in [0.1, 0.15) is 6.10 Å². The lowest BCUT2D eigenvalue weighted by Gasteiger charge is -2.30. The van der Waals surface area contributed by atoms with Crippen LogP contribution >= 0.6 is 0 Å². The Morgan fingerprint density at radius 3 is 2.10 bits per heavy atom. The van der Waals surface area contributed by atoms with E-state index >= 15 is 0 Å². The van der Waals surface area contributed by atoms with Crippen molar-refractivity contribution in [1.29, 1.82) is 0 Å². The molecule has 0 amide bonds. The van der Waals surface area contributed by atoms with E-state index in [1.165, 1.54) is 34.1 Å². The van der Waals surface area contributed by atoms with Gasteiger partial charge in [0.25, 0.3) is 15.7 Å². The largest absolute Gasteiger partial charge is 0.377 e. The second kappa shape index (κ2) is 18.5. The molecule has 11 heteroatoms. The van der Waals surface area contributed by atoms with Gasteiger partial charge in [0.05, 0.1) is 34.5 Å². The monoisotopic (exact) mass is 718 g/mol. The lowest BCUT2D eigenvalue weighted by molar-refractivity contribution is -0.387. The second-order valence-corrected chi connectivity index (χ2v) is 16.1. The Morgan fingerprint density at radius 1 is 0.820 bits per heavy atom. The molecule has 0 saturated carbocycles. The van der Waals surface area contributed by atoms with Crippen LogP contribution in [0, 0.1) is 17.0 Å². The molecule has 50 heavy (non-hydrogen) atoms. The van der Waals surface area contributed by atoms with Crippen molar-refractivity contribution in [2.24, 2.45) is 0 Å². The highest BCUT2D eigenvalue weighted by atomic mass is 32.2. The van der Waals surface area contributed by atoms with Crippen LogP contribution in [0.5, 0.6) is 0 Å². The van der Waals surface area contributed by atoms with E-state index in [0.717, 1.165) is 57.1 Å². The van der Waals surface area contributed by atoms with Crippen LogP contribution in [0.4, 0.5) is 5.69 Å². The Morgan fingerprint density at radius 2 is 1.42 bits per heavy atom. The summed E-state index contributed by atoms with van der Waals surface area (Å²) in [5, 5.41) is 12.0. The van der Waals surface area contributed by atoms with Crippen LogP contribution in [0.15, 0.2) is 119 Å². The van der Waals surface area contributed by atoms with Gasteiger partial charge in [-0.2, -0.15) is 4.31 Å². The van der Waals surface area contributed by atoms with Crippen LogP contribution in [-0.2, 0) is 43.4 Å². The summed E-state index contributed by atoms with van der Waals surface area (Å²) in [6, 6.07) is 31.2. The minimum Gasteiger partial charge on any atom is -0.377 e. The number of unbranched alkanes of at least 4 members (excludes halogenated alkanes) is 5. The molecule has 1 fully saturated rings. The highest BCUT2D eigenvalue weighted by molar-refractivity contribution is 7.89. The molecule has 1 aliphatic rings. The van der Waals surface area contributed by atoms with E-state index in [1.807, 2.05) is 67.6 Å². The fourth-order valence-corrected chi connectivity index (χ4v) is 9.31. The summed E-state index contributed by atoms with van der Waals surface area (Å²) in [7, 11) is -5.98. The van der Waals surface area contributed by atoms with Crippen molar-refractivity contribution in [2.45, 2.75) is 93.1 Å². The van der Waals surface area contributed by atoms with Crippen molar-refractivity contribution in [2.75, 3.05) is 12.4 Å². The predicted octanol–water partition coefficient (Wildman–Crippen LogP) is 7.99. The van der Waals surface area contributed by atoms with Crippen LogP contribution in [0.1, 0.15) is 61.6 Å². The zero-order valence-corrected chi connectivity index (χ0v) is 30.1. The van der Waals surface area contributed by atoms with Crippen molar-refractivity contribution < 1.29 is 27.0 Å². The fraction of sp³-hybridized carbons (Fsp3) is 0.385. The van der Waals surface area contributed by atoms with Gasteiger partial charge in [0.15, 0.2) is 4.90 Å². The molecular weight excluding hydrogens is 673 g/mol. The Kier molecular flexibility index (Phi) is 13.9. The van der Waals surface area contributed by atoms with Crippen LogP contribution in [-0.4, -0.2) is 52.5 Å². The zero-order chi connectivity index (χ0) is 35.3. The number of sulfonamides is 1. The van der Waals surface area contributed by atoms with Gasteiger partial charge in [-0.1, -0.05) is 123 Å². The molecule has 0 aromatic heterocycles. The van der Waals surface area contributed by atoms with Crippen molar-refractivity contribution in [3.8, 4) is 0 Å². The third-order valence-corrected chi connectivity index (χ3v) is 12.3. The predicted molar refractivity (Wildman–Crippen MR) is 196 cm³/mol. The van der Waals surface area contributed by atoms with Gasteiger partial charge in [-0.3, -0.25) is 14.3 Å². The summed E-state index contributed by atoms with van der Waals surface area (Å²) in [6.07, 6.45) is 6.34. The Bertz CT molecular complexity index is 1790. The van der Waals surface area contributed by atoms with Crippen LogP contribution in [0.2, 0.25) is 0 Å². The number of nitro groups is 1. The summed E-state index contributed by atoms with van der Waals surface area (Å²) in [6.45, 7) is 3.27. The van der Waals surface area contributed by atoms with Gasteiger partial charge in [0, 0.05) is 29.9 Å². The number of nitro benzene ring substituents is 1. The maximum atomic E-state index is 14.5. The van der Waals surface area contributed by atoms with Gasteiger partial charge < -0.3 is 9.47 Å². The van der Waals surface area contributed by atoms with E-state index in [2.05, 4.69) is 12.1 Å². The molecule has 1 aliphatic heterocycles. The minimum atomic E-state index is -4.43. The summed E-state index contributed by atoms with van der Waals surface area (Å²) in [5.41, 5.74) is 2.41. The number of epoxide rings is 1. The quantitative estimate of drug-likeness (QED) is 0.0371. The third kappa shape index (κ3) is 10.6. The molecule has 9 nitrogen and oxygen atoms in total. The average molecular weight is 719 g/mol. The number of rotatable bonds is 21. The standard InChI is InChI=1S/C39H46N2O7S2/c1-31-23-25-34(26-24-31)49(44)30-36(39-37(48-39)21-12-4-2-3-5-15-27-47-29-33-18-10-7-11-19-33)40(28-32-16-8-6-9-17-32)50(45,46)38-22-14-13-20-35(38)41(42)43/h6-11,13-14,16-20,22-26,36-37,39H,2-5,12,15,21,27-30H2,1H3/t36-,37-,39-,49-/m0/s1. The molecule has 0 radical (unpaired) electrons. The van der Waals surface area contributed by atoms with Gasteiger partial charge in [-0.05, 0) is 49.1 Å². The molecule has 1 heterocycles. The first-order valence-electron chi connectivity index (χ1n) is 17.3. The maximum Gasteiger partial charge on any atom is 0.289 e. The molecule has 0 aliphatic carbocycles. The van der Waals surface area contributed by atoms with E-state index in [-0.39, 0.29) is 18.4 Å².